The number of nitrogens with zero attached hydrogens (tertiary/aromatic N) is 3. The highest BCUT2D eigenvalue weighted by Gasteiger charge is 2.26. The minimum atomic E-state index is -0.800. The molecule has 0 unspecified atom stereocenters. The van der Waals surface area contributed by atoms with Crippen LogP contribution in [0.25, 0.3) is 11.4 Å². The van der Waals surface area contributed by atoms with Crippen molar-refractivity contribution in [3.63, 3.8) is 0 Å². The molecule has 1 fully saturated rings. The van der Waals surface area contributed by atoms with E-state index in [2.05, 4.69) is 17.1 Å². The number of aromatic nitrogens is 2. The number of hydrogen-bond acceptors (Lipinski definition) is 8. The molecule has 1 aliphatic heterocycles. The van der Waals surface area contributed by atoms with Crippen LogP contribution in [0.5, 0.6) is 11.5 Å². The van der Waals surface area contributed by atoms with E-state index in [0.717, 1.165) is 12.8 Å². The minimum Gasteiger partial charge on any atom is -0.493 e. The molecule has 0 aliphatic carbocycles. The molecule has 9 nitrogen and oxygen atoms in total. The fourth-order valence-corrected chi connectivity index (χ4v) is 3.45. The maximum atomic E-state index is 12.5. The lowest BCUT2D eigenvalue weighted by Crippen LogP contribution is -2.44. The Hall–Kier alpha value is -3.10. The van der Waals surface area contributed by atoms with Gasteiger partial charge in [-0.25, -0.2) is 0 Å². The molecule has 9 heteroatoms. The van der Waals surface area contributed by atoms with Crippen molar-refractivity contribution in [2.75, 3.05) is 27.3 Å². The molecule has 2 heterocycles. The number of aryl methyl sites for hydroxylation is 1. The Bertz CT molecular complexity index is 904. The Balaban J connectivity index is 1.51. The third-order valence-electron chi connectivity index (χ3n) is 5.40. The van der Waals surface area contributed by atoms with Crippen LogP contribution in [0.1, 0.15) is 39.0 Å². The topological polar surface area (TPSA) is 104 Å². The number of carbonyl (C=O) groups excluding carboxylic acids is 2. The van der Waals surface area contributed by atoms with Gasteiger partial charge in [0.15, 0.2) is 17.6 Å². The highest BCUT2D eigenvalue weighted by atomic mass is 16.5. The quantitative estimate of drug-likeness (QED) is 0.588. The van der Waals surface area contributed by atoms with Crippen LogP contribution in [0, 0.1) is 5.92 Å². The first-order chi connectivity index (χ1) is 14.9. The largest absolute Gasteiger partial charge is 0.493 e. The molecule has 1 amide bonds. The van der Waals surface area contributed by atoms with Gasteiger partial charge in [-0.3, -0.25) is 9.59 Å². The number of hydrogen-bond donors (Lipinski definition) is 0. The molecule has 1 aliphatic rings. The molecule has 0 bridgehead atoms. The fourth-order valence-electron chi connectivity index (χ4n) is 3.45. The smallest absolute Gasteiger partial charge is 0.307 e. The number of carbonyl (C=O) groups is 2. The standard InChI is InChI=1S/C22H29N3O6/c1-14-9-11-25(12-10-14)22(27)15(2)30-20(26)8-7-19-23-21(24-31-19)16-5-6-17(28-3)18(13-16)29-4/h5-6,13-15H,7-12H2,1-4H3/t15-/m1/s1. The molecule has 31 heavy (non-hydrogen) atoms. The highest BCUT2D eigenvalue weighted by Crippen LogP contribution is 2.31. The van der Waals surface area contributed by atoms with Crippen molar-refractivity contribution in [1.82, 2.24) is 15.0 Å². The second kappa shape index (κ2) is 10.3. The molecule has 0 radical (unpaired) electrons. The zero-order valence-corrected chi connectivity index (χ0v) is 18.4. The molecule has 0 N–H and O–H groups in total. The summed E-state index contributed by atoms with van der Waals surface area (Å²) in [5, 5.41) is 3.96. The molecule has 168 valence electrons. The van der Waals surface area contributed by atoms with E-state index in [9.17, 15) is 9.59 Å². The van der Waals surface area contributed by atoms with E-state index in [4.69, 9.17) is 18.7 Å². The van der Waals surface area contributed by atoms with Crippen molar-refractivity contribution >= 4 is 11.9 Å². The van der Waals surface area contributed by atoms with E-state index in [-0.39, 0.29) is 18.7 Å². The Morgan fingerprint density at radius 1 is 1.19 bits per heavy atom. The van der Waals surface area contributed by atoms with E-state index in [1.54, 1.807) is 44.2 Å². The van der Waals surface area contributed by atoms with Gasteiger partial charge >= 0.3 is 5.97 Å². The van der Waals surface area contributed by atoms with Crippen LogP contribution in [-0.4, -0.2) is 60.3 Å². The summed E-state index contributed by atoms with van der Waals surface area (Å²) >= 11 is 0. The Kier molecular flexibility index (Phi) is 7.49. The summed E-state index contributed by atoms with van der Waals surface area (Å²) in [6.45, 7) is 5.21. The molecule has 0 saturated carbocycles. The van der Waals surface area contributed by atoms with E-state index >= 15 is 0 Å². The van der Waals surface area contributed by atoms with Gasteiger partial charge in [0.25, 0.3) is 5.91 Å². The minimum absolute atomic E-state index is 0.0439. The van der Waals surface area contributed by atoms with E-state index in [1.165, 1.54) is 0 Å². The molecule has 0 spiro atoms. The molecule has 2 aromatic rings. The second-order valence-electron chi connectivity index (χ2n) is 7.72. The Morgan fingerprint density at radius 2 is 1.90 bits per heavy atom. The maximum absolute atomic E-state index is 12.5. The summed E-state index contributed by atoms with van der Waals surface area (Å²) in [4.78, 5) is 30.7. The van der Waals surface area contributed by atoms with Crippen LogP contribution in [0.3, 0.4) is 0 Å². The first-order valence-electron chi connectivity index (χ1n) is 10.4. The monoisotopic (exact) mass is 431 g/mol. The lowest BCUT2D eigenvalue weighted by atomic mass is 9.99. The predicted octanol–water partition coefficient (Wildman–Crippen LogP) is 2.88. The van der Waals surface area contributed by atoms with Crippen molar-refractivity contribution in [2.45, 2.75) is 45.6 Å². The molecular weight excluding hydrogens is 402 g/mol. The van der Waals surface area contributed by atoms with E-state index in [1.807, 2.05) is 0 Å². The number of benzene rings is 1. The number of rotatable bonds is 8. The number of ether oxygens (including phenoxy) is 3. The normalized spacial score (nSPS) is 15.4. The van der Waals surface area contributed by atoms with Crippen LogP contribution in [0.2, 0.25) is 0 Å². The molecule has 1 saturated heterocycles. The summed E-state index contributed by atoms with van der Waals surface area (Å²) in [5.74, 6) is 1.85. The summed E-state index contributed by atoms with van der Waals surface area (Å²) in [6.07, 6.45) is 1.42. The lowest BCUT2D eigenvalue weighted by Gasteiger charge is -2.31. The zero-order chi connectivity index (χ0) is 22.4. The van der Waals surface area contributed by atoms with Gasteiger partial charge in [-0.1, -0.05) is 12.1 Å². The van der Waals surface area contributed by atoms with Crippen LogP contribution >= 0.6 is 0 Å². The maximum Gasteiger partial charge on any atom is 0.307 e. The van der Waals surface area contributed by atoms with Gasteiger partial charge in [0.1, 0.15) is 0 Å². The number of esters is 1. The van der Waals surface area contributed by atoms with Crippen LogP contribution < -0.4 is 9.47 Å². The molecular formula is C22H29N3O6. The Labute approximate surface area is 181 Å². The number of piperidine rings is 1. The molecule has 1 aromatic heterocycles. The number of amides is 1. The third kappa shape index (κ3) is 5.74. The lowest BCUT2D eigenvalue weighted by molar-refractivity contribution is -0.159. The highest BCUT2D eigenvalue weighted by molar-refractivity contribution is 5.83. The van der Waals surface area contributed by atoms with Gasteiger partial charge in [0.2, 0.25) is 11.7 Å². The van der Waals surface area contributed by atoms with Gasteiger partial charge in [-0.05, 0) is 43.9 Å². The van der Waals surface area contributed by atoms with Crippen LogP contribution in [0.4, 0.5) is 0 Å². The van der Waals surface area contributed by atoms with E-state index in [0.29, 0.717) is 47.8 Å². The van der Waals surface area contributed by atoms with Gasteiger partial charge in [0.05, 0.1) is 20.6 Å². The zero-order valence-electron chi connectivity index (χ0n) is 18.4. The van der Waals surface area contributed by atoms with Crippen LogP contribution in [-0.2, 0) is 20.7 Å². The third-order valence-corrected chi connectivity index (χ3v) is 5.40. The van der Waals surface area contributed by atoms with Gasteiger partial charge in [-0.2, -0.15) is 4.98 Å². The molecule has 3 rings (SSSR count). The molecule has 1 aromatic carbocycles. The van der Waals surface area contributed by atoms with Crippen LogP contribution in [0.15, 0.2) is 22.7 Å². The van der Waals surface area contributed by atoms with Gasteiger partial charge in [0, 0.05) is 25.1 Å². The van der Waals surface area contributed by atoms with Crippen molar-refractivity contribution < 1.29 is 28.3 Å². The summed E-state index contributed by atoms with van der Waals surface area (Å²) < 4.78 is 21.1. The number of likely N-dealkylation sites (tertiary alicyclic amines) is 1. The van der Waals surface area contributed by atoms with Crippen molar-refractivity contribution in [3.8, 4) is 22.9 Å². The Morgan fingerprint density at radius 3 is 2.58 bits per heavy atom. The summed E-state index contributed by atoms with van der Waals surface area (Å²) in [6, 6.07) is 5.29. The fraction of sp³-hybridized carbons (Fsp3) is 0.545. The van der Waals surface area contributed by atoms with Crippen molar-refractivity contribution in [2.24, 2.45) is 5.92 Å². The summed E-state index contributed by atoms with van der Waals surface area (Å²) in [5.41, 5.74) is 0.699. The number of methoxy groups -OCH3 is 2. The van der Waals surface area contributed by atoms with Crippen molar-refractivity contribution in [1.29, 1.82) is 0 Å². The van der Waals surface area contributed by atoms with Gasteiger partial charge in [-0.15, -0.1) is 0 Å². The van der Waals surface area contributed by atoms with Gasteiger partial charge < -0.3 is 23.6 Å². The first kappa shape index (κ1) is 22.6. The van der Waals surface area contributed by atoms with E-state index < -0.39 is 12.1 Å². The first-order valence-corrected chi connectivity index (χ1v) is 10.4. The second-order valence-corrected chi connectivity index (χ2v) is 7.72. The average Bonchev–Trinajstić information content (AvgIpc) is 3.26. The molecule has 1 atom stereocenters. The SMILES string of the molecule is COc1ccc(-c2noc(CCC(=O)O[C@H](C)C(=O)N3CCC(C)CC3)n2)cc1OC. The van der Waals surface area contributed by atoms with Crippen molar-refractivity contribution in [3.05, 3.63) is 24.1 Å². The summed E-state index contributed by atoms with van der Waals surface area (Å²) in [7, 11) is 3.11. The average molecular weight is 431 g/mol. The predicted molar refractivity (Wildman–Crippen MR) is 112 cm³/mol.